The molecule has 0 aliphatic carbocycles. The van der Waals surface area contributed by atoms with Crippen molar-refractivity contribution in [2.45, 2.75) is 6.10 Å². The normalized spacial score (nSPS) is 13.6. The Balaban J connectivity index is 3.01. The molecule has 0 aromatic heterocycles. The van der Waals surface area contributed by atoms with E-state index in [9.17, 15) is 9.67 Å². The van der Waals surface area contributed by atoms with Gasteiger partial charge in [0.15, 0.2) is 0 Å². The minimum atomic E-state index is -3.25. The van der Waals surface area contributed by atoms with Gasteiger partial charge in [0.05, 0.1) is 12.3 Å². The van der Waals surface area contributed by atoms with Gasteiger partial charge in [-0.15, -0.1) is 0 Å². The van der Waals surface area contributed by atoms with Gasteiger partial charge >= 0.3 is 7.60 Å². The summed E-state index contributed by atoms with van der Waals surface area (Å²) in [5.74, 6) is 0. The highest BCUT2D eigenvalue weighted by molar-refractivity contribution is 14.1. The second kappa shape index (κ2) is 6.85. The van der Waals surface area contributed by atoms with Gasteiger partial charge in [-0.05, 0) is 62.9 Å². The molecule has 0 saturated carbocycles. The van der Waals surface area contributed by atoms with E-state index >= 15 is 0 Å². The van der Waals surface area contributed by atoms with Crippen molar-refractivity contribution in [2.75, 3.05) is 26.1 Å². The highest BCUT2D eigenvalue weighted by Gasteiger charge is 2.27. The first-order chi connectivity index (χ1) is 8.33. The third kappa shape index (κ3) is 4.04. The fourth-order valence-corrected chi connectivity index (χ4v) is 4.33. The summed E-state index contributed by atoms with van der Waals surface area (Å²) >= 11 is 4.22. The Labute approximate surface area is 133 Å². The molecule has 5 nitrogen and oxygen atoms in total. The minimum absolute atomic E-state index is 0.101. The standard InChI is InChI=1S/C10H14I2NO4P/c1-16-18(15,17-2)5-10(14)6-3-9(13)8(12)4-7(6)11/h3-4,10,14H,5,13H2,1-2H3. The van der Waals surface area contributed by atoms with Crippen LogP contribution in [0.3, 0.4) is 0 Å². The van der Waals surface area contributed by atoms with Crippen LogP contribution in [0.5, 0.6) is 0 Å². The summed E-state index contributed by atoms with van der Waals surface area (Å²) in [6, 6.07) is 3.55. The van der Waals surface area contributed by atoms with Crippen molar-refractivity contribution in [2.24, 2.45) is 0 Å². The zero-order valence-electron chi connectivity index (χ0n) is 9.89. The SMILES string of the molecule is COP(=O)(CC(O)c1cc(N)c(I)cc1I)OC. The average Bonchev–Trinajstić information content (AvgIpc) is 2.33. The molecule has 102 valence electrons. The van der Waals surface area contributed by atoms with Crippen LogP contribution in [0.1, 0.15) is 11.7 Å². The summed E-state index contributed by atoms with van der Waals surface area (Å²) in [6.45, 7) is 0. The van der Waals surface area contributed by atoms with Gasteiger partial charge in [-0.25, -0.2) is 0 Å². The third-order valence-electron chi connectivity index (χ3n) is 2.43. The fraction of sp³-hybridized carbons (Fsp3) is 0.400. The maximum absolute atomic E-state index is 12.0. The number of hydrogen-bond donors (Lipinski definition) is 2. The molecule has 0 heterocycles. The van der Waals surface area contributed by atoms with E-state index in [-0.39, 0.29) is 6.16 Å². The number of halogens is 2. The van der Waals surface area contributed by atoms with Gasteiger partial charge in [0.25, 0.3) is 0 Å². The lowest BCUT2D eigenvalue weighted by Gasteiger charge is -2.19. The zero-order valence-corrected chi connectivity index (χ0v) is 15.1. The summed E-state index contributed by atoms with van der Waals surface area (Å²) in [4.78, 5) is 0. The lowest BCUT2D eigenvalue weighted by molar-refractivity contribution is 0.183. The van der Waals surface area contributed by atoms with Gasteiger partial charge in [-0.1, -0.05) is 0 Å². The van der Waals surface area contributed by atoms with Gasteiger partial charge < -0.3 is 19.9 Å². The Morgan fingerprint density at radius 1 is 1.33 bits per heavy atom. The number of nitrogens with two attached hydrogens (primary N) is 1. The Morgan fingerprint density at radius 2 is 1.89 bits per heavy atom. The van der Waals surface area contributed by atoms with E-state index in [0.717, 1.165) is 7.14 Å². The fourth-order valence-electron chi connectivity index (χ4n) is 1.37. The summed E-state index contributed by atoms with van der Waals surface area (Å²) in [5.41, 5.74) is 7.01. The predicted molar refractivity (Wildman–Crippen MR) is 87.7 cm³/mol. The molecule has 1 atom stereocenters. The molecule has 0 aliphatic heterocycles. The van der Waals surface area contributed by atoms with Gasteiger partial charge in [0.1, 0.15) is 0 Å². The van der Waals surface area contributed by atoms with Crippen LogP contribution in [0.4, 0.5) is 5.69 Å². The Hall–Kier alpha value is 0.590. The van der Waals surface area contributed by atoms with Crippen LogP contribution in [0, 0.1) is 7.14 Å². The van der Waals surface area contributed by atoms with E-state index < -0.39 is 13.7 Å². The quantitative estimate of drug-likeness (QED) is 0.372. The van der Waals surface area contributed by atoms with Crippen molar-refractivity contribution in [1.29, 1.82) is 0 Å². The highest BCUT2D eigenvalue weighted by atomic mass is 127. The second-order valence-corrected chi connectivity index (χ2v) is 8.21. The number of nitrogen functional groups attached to an aromatic ring is 1. The summed E-state index contributed by atoms with van der Waals surface area (Å²) in [5, 5.41) is 10.1. The predicted octanol–water partition coefficient (Wildman–Crippen LogP) is 3.00. The van der Waals surface area contributed by atoms with Crippen LogP contribution in [-0.4, -0.2) is 25.5 Å². The zero-order chi connectivity index (χ0) is 13.9. The van der Waals surface area contributed by atoms with E-state index in [0.29, 0.717) is 11.3 Å². The molecule has 0 amide bonds. The summed E-state index contributed by atoms with van der Waals surface area (Å²) in [6.07, 6.45) is -1.04. The van der Waals surface area contributed by atoms with Gasteiger partial charge in [-0.3, -0.25) is 4.57 Å². The third-order valence-corrected chi connectivity index (χ3v) is 6.20. The molecule has 1 rings (SSSR count). The molecule has 18 heavy (non-hydrogen) atoms. The second-order valence-electron chi connectivity index (χ2n) is 3.57. The molecule has 0 radical (unpaired) electrons. The van der Waals surface area contributed by atoms with Crippen molar-refractivity contribution in [3.05, 3.63) is 24.8 Å². The molecule has 0 saturated heterocycles. The number of aliphatic hydroxyl groups is 1. The molecule has 3 N–H and O–H groups in total. The smallest absolute Gasteiger partial charge is 0.333 e. The van der Waals surface area contributed by atoms with Crippen LogP contribution in [-0.2, 0) is 13.6 Å². The number of aliphatic hydroxyl groups excluding tert-OH is 1. The molecule has 0 aliphatic rings. The molecule has 0 spiro atoms. The minimum Gasteiger partial charge on any atom is -0.398 e. The molecule has 0 bridgehead atoms. The lowest BCUT2D eigenvalue weighted by atomic mass is 10.1. The van der Waals surface area contributed by atoms with E-state index in [1.165, 1.54) is 14.2 Å². The highest BCUT2D eigenvalue weighted by Crippen LogP contribution is 2.49. The Kier molecular flexibility index (Phi) is 6.33. The first-order valence-electron chi connectivity index (χ1n) is 4.96. The van der Waals surface area contributed by atoms with Gasteiger partial charge in [0.2, 0.25) is 0 Å². The van der Waals surface area contributed by atoms with Gasteiger partial charge in [0, 0.05) is 27.0 Å². The van der Waals surface area contributed by atoms with Crippen LogP contribution in [0.2, 0.25) is 0 Å². The van der Waals surface area contributed by atoms with Crippen LogP contribution in [0.15, 0.2) is 12.1 Å². The summed E-state index contributed by atoms with van der Waals surface area (Å²) in [7, 11) is -0.654. The molecular weight excluding hydrogens is 483 g/mol. The van der Waals surface area contributed by atoms with E-state index in [1.807, 2.05) is 6.07 Å². The molecule has 8 heteroatoms. The lowest BCUT2D eigenvalue weighted by Crippen LogP contribution is -2.09. The molecular formula is C10H14I2NO4P. The van der Waals surface area contributed by atoms with Crippen molar-refractivity contribution in [3.8, 4) is 0 Å². The largest absolute Gasteiger partial charge is 0.398 e. The number of benzene rings is 1. The van der Waals surface area contributed by atoms with Crippen LogP contribution >= 0.6 is 52.8 Å². The van der Waals surface area contributed by atoms with Crippen molar-refractivity contribution >= 4 is 58.5 Å². The number of hydrogen-bond acceptors (Lipinski definition) is 5. The van der Waals surface area contributed by atoms with Crippen molar-refractivity contribution < 1.29 is 18.7 Å². The average molecular weight is 497 g/mol. The van der Waals surface area contributed by atoms with Crippen molar-refractivity contribution in [1.82, 2.24) is 0 Å². The van der Waals surface area contributed by atoms with Gasteiger partial charge in [-0.2, -0.15) is 0 Å². The monoisotopic (exact) mass is 497 g/mol. The van der Waals surface area contributed by atoms with E-state index in [1.54, 1.807) is 6.07 Å². The molecule has 1 aromatic carbocycles. The topological polar surface area (TPSA) is 81.8 Å². The number of anilines is 1. The maximum Gasteiger partial charge on any atom is 0.333 e. The maximum atomic E-state index is 12.0. The first-order valence-corrected chi connectivity index (χ1v) is 8.84. The van der Waals surface area contributed by atoms with Crippen LogP contribution < -0.4 is 5.73 Å². The van der Waals surface area contributed by atoms with E-state index in [2.05, 4.69) is 45.2 Å². The summed E-state index contributed by atoms with van der Waals surface area (Å²) < 4.78 is 23.4. The molecule has 0 fully saturated rings. The molecule has 1 aromatic rings. The molecule has 1 unspecified atom stereocenters. The van der Waals surface area contributed by atoms with E-state index in [4.69, 9.17) is 14.8 Å². The van der Waals surface area contributed by atoms with Crippen molar-refractivity contribution in [3.63, 3.8) is 0 Å². The Bertz CT molecular complexity index is 475. The number of rotatable bonds is 5. The first kappa shape index (κ1) is 16.6. The van der Waals surface area contributed by atoms with Crippen LogP contribution in [0.25, 0.3) is 0 Å². The Morgan fingerprint density at radius 3 is 2.39 bits per heavy atom.